The van der Waals surface area contributed by atoms with Gasteiger partial charge < -0.3 is 4.98 Å². The number of benzene rings is 1. The average molecular weight is 213 g/mol. The summed E-state index contributed by atoms with van der Waals surface area (Å²) in [6.07, 6.45) is 1.98. The van der Waals surface area contributed by atoms with Crippen molar-refractivity contribution in [2.45, 2.75) is 0 Å². The fraction of sp³-hybridized carbons (Fsp3) is 0. The first-order chi connectivity index (χ1) is 7.81. The van der Waals surface area contributed by atoms with Gasteiger partial charge in [0.05, 0.1) is 10.9 Å². The van der Waals surface area contributed by atoms with E-state index in [0.29, 0.717) is 22.8 Å². The summed E-state index contributed by atoms with van der Waals surface area (Å²) in [5.41, 5.74) is 1.19. The average Bonchev–Trinajstić information content (AvgIpc) is 2.72. The summed E-state index contributed by atoms with van der Waals surface area (Å²) in [4.78, 5) is 29.6. The third kappa shape index (κ3) is 1.02. The number of carbonyl (C=O) groups is 1. The van der Waals surface area contributed by atoms with E-state index < -0.39 is 0 Å². The van der Waals surface area contributed by atoms with Gasteiger partial charge in [0, 0.05) is 0 Å². The third-order valence-electron chi connectivity index (χ3n) is 2.54. The van der Waals surface area contributed by atoms with Crippen LogP contribution in [0.25, 0.3) is 16.6 Å². The van der Waals surface area contributed by atoms with Crippen molar-refractivity contribution in [3.05, 3.63) is 46.6 Å². The van der Waals surface area contributed by atoms with Crippen molar-refractivity contribution < 1.29 is 4.79 Å². The van der Waals surface area contributed by atoms with Gasteiger partial charge in [0.2, 0.25) is 0 Å². The molecule has 78 valence electrons. The van der Waals surface area contributed by atoms with Gasteiger partial charge in [-0.2, -0.15) is 0 Å². The van der Waals surface area contributed by atoms with E-state index in [0.717, 1.165) is 0 Å². The number of aldehydes is 1. The maximum Gasteiger partial charge on any atom is 0.266 e. The summed E-state index contributed by atoms with van der Waals surface area (Å²) in [5, 5.41) is 0.574. The molecule has 0 unspecified atom stereocenters. The SMILES string of the molecule is O=Cc1ncn2c(=O)c3ccccc3[nH]c12. The molecule has 0 saturated heterocycles. The molecule has 0 aliphatic heterocycles. The van der Waals surface area contributed by atoms with Crippen molar-refractivity contribution in [3.63, 3.8) is 0 Å². The minimum absolute atomic E-state index is 0.176. The van der Waals surface area contributed by atoms with Gasteiger partial charge in [-0.25, -0.2) is 9.38 Å². The van der Waals surface area contributed by atoms with Gasteiger partial charge in [-0.3, -0.25) is 9.59 Å². The Morgan fingerprint density at radius 3 is 2.94 bits per heavy atom. The third-order valence-corrected chi connectivity index (χ3v) is 2.54. The molecule has 0 bridgehead atoms. The number of aromatic amines is 1. The highest BCUT2D eigenvalue weighted by molar-refractivity contribution is 5.86. The number of carbonyl (C=O) groups excluding carboxylic acids is 1. The standard InChI is InChI=1S/C11H7N3O2/c15-5-9-10-13-8-4-2-1-3-7(8)11(16)14(10)6-12-9/h1-6,13H. The van der Waals surface area contributed by atoms with Crippen LogP contribution in [-0.2, 0) is 0 Å². The van der Waals surface area contributed by atoms with Crippen LogP contribution in [0.3, 0.4) is 0 Å². The number of nitrogens with zero attached hydrogens (tertiary/aromatic N) is 2. The molecule has 3 aromatic rings. The second kappa shape index (κ2) is 3.03. The zero-order valence-corrected chi connectivity index (χ0v) is 8.18. The largest absolute Gasteiger partial charge is 0.339 e. The number of hydrogen-bond donors (Lipinski definition) is 1. The van der Waals surface area contributed by atoms with Gasteiger partial charge in [-0.15, -0.1) is 0 Å². The smallest absolute Gasteiger partial charge is 0.266 e. The summed E-state index contributed by atoms with van der Waals surface area (Å²) in [6.45, 7) is 0. The minimum Gasteiger partial charge on any atom is -0.339 e. The predicted octanol–water partition coefficient (Wildman–Crippen LogP) is 0.988. The molecule has 0 atom stereocenters. The first kappa shape index (κ1) is 8.84. The highest BCUT2D eigenvalue weighted by Crippen LogP contribution is 2.09. The van der Waals surface area contributed by atoms with Crippen LogP contribution in [0.4, 0.5) is 0 Å². The number of fused-ring (bicyclic) bond motifs is 2. The molecule has 5 nitrogen and oxygen atoms in total. The van der Waals surface area contributed by atoms with Gasteiger partial charge >= 0.3 is 0 Å². The molecular weight excluding hydrogens is 206 g/mol. The van der Waals surface area contributed by atoms with Crippen LogP contribution in [0.1, 0.15) is 10.5 Å². The summed E-state index contributed by atoms with van der Waals surface area (Å²) >= 11 is 0. The Labute approximate surface area is 89.4 Å². The summed E-state index contributed by atoms with van der Waals surface area (Å²) in [5.74, 6) is 0. The van der Waals surface area contributed by atoms with Gasteiger partial charge in [0.25, 0.3) is 5.56 Å². The van der Waals surface area contributed by atoms with E-state index in [2.05, 4.69) is 9.97 Å². The molecule has 5 heteroatoms. The van der Waals surface area contributed by atoms with Crippen LogP contribution in [0.15, 0.2) is 35.4 Å². The number of para-hydroxylation sites is 1. The zero-order valence-electron chi connectivity index (χ0n) is 8.18. The molecule has 0 saturated carbocycles. The summed E-state index contributed by atoms with van der Waals surface area (Å²) < 4.78 is 1.34. The Morgan fingerprint density at radius 1 is 1.31 bits per heavy atom. The summed E-state index contributed by atoms with van der Waals surface area (Å²) in [6, 6.07) is 7.14. The van der Waals surface area contributed by atoms with Gasteiger partial charge in [0.1, 0.15) is 17.7 Å². The highest BCUT2D eigenvalue weighted by atomic mass is 16.1. The lowest BCUT2D eigenvalue weighted by molar-refractivity contribution is 0.112. The molecule has 16 heavy (non-hydrogen) atoms. The molecule has 1 N–H and O–H groups in total. The molecule has 0 aliphatic rings. The first-order valence-electron chi connectivity index (χ1n) is 4.74. The van der Waals surface area contributed by atoms with Crippen molar-refractivity contribution >= 4 is 22.8 Å². The van der Waals surface area contributed by atoms with E-state index in [-0.39, 0.29) is 11.3 Å². The Morgan fingerprint density at radius 2 is 2.12 bits per heavy atom. The van der Waals surface area contributed by atoms with Crippen molar-refractivity contribution in [2.24, 2.45) is 0 Å². The molecule has 0 fully saturated rings. The molecule has 0 aliphatic carbocycles. The zero-order chi connectivity index (χ0) is 11.1. The molecule has 3 rings (SSSR count). The number of aromatic nitrogens is 3. The van der Waals surface area contributed by atoms with Crippen molar-refractivity contribution in [2.75, 3.05) is 0 Å². The molecule has 0 amide bonds. The van der Waals surface area contributed by atoms with Crippen LogP contribution in [0.5, 0.6) is 0 Å². The maximum absolute atomic E-state index is 12.0. The van der Waals surface area contributed by atoms with Crippen LogP contribution >= 0.6 is 0 Å². The first-order valence-corrected chi connectivity index (χ1v) is 4.74. The predicted molar refractivity (Wildman–Crippen MR) is 58.7 cm³/mol. The van der Waals surface area contributed by atoms with Crippen LogP contribution in [0, 0.1) is 0 Å². The topological polar surface area (TPSA) is 67.2 Å². The molecule has 2 aromatic heterocycles. The van der Waals surface area contributed by atoms with Crippen molar-refractivity contribution in [3.8, 4) is 0 Å². The van der Waals surface area contributed by atoms with Gasteiger partial charge in [0.15, 0.2) is 6.29 Å². The second-order valence-corrected chi connectivity index (χ2v) is 3.44. The monoisotopic (exact) mass is 213 g/mol. The maximum atomic E-state index is 12.0. The second-order valence-electron chi connectivity index (χ2n) is 3.44. The molecule has 0 spiro atoms. The lowest BCUT2D eigenvalue weighted by Gasteiger charge is -1.99. The molecule has 1 aromatic carbocycles. The van der Waals surface area contributed by atoms with E-state index in [4.69, 9.17) is 0 Å². The van der Waals surface area contributed by atoms with E-state index in [9.17, 15) is 9.59 Å². The number of nitrogens with one attached hydrogen (secondary N) is 1. The minimum atomic E-state index is -0.176. The normalized spacial score (nSPS) is 11.0. The summed E-state index contributed by atoms with van der Waals surface area (Å²) in [7, 11) is 0. The molecular formula is C11H7N3O2. The Balaban J connectivity index is 2.63. The highest BCUT2D eigenvalue weighted by Gasteiger charge is 2.08. The Bertz CT molecular complexity index is 755. The molecule has 2 heterocycles. The fourth-order valence-electron chi connectivity index (χ4n) is 1.76. The van der Waals surface area contributed by atoms with E-state index in [1.165, 1.54) is 10.7 Å². The van der Waals surface area contributed by atoms with Gasteiger partial charge in [-0.1, -0.05) is 12.1 Å². The quantitative estimate of drug-likeness (QED) is 0.613. The van der Waals surface area contributed by atoms with Crippen molar-refractivity contribution in [1.82, 2.24) is 14.4 Å². The number of imidazole rings is 1. The lowest BCUT2D eigenvalue weighted by atomic mass is 10.2. The van der Waals surface area contributed by atoms with E-state index >= 15 is 0 Å². The van der Waals surface area contributed by atoms with Crippen molar-refractivity contribution in [1.29, 1.82) is 0 Å². The number of H-pyrrole nitrogens is 1. The number of hydrogen-bond acceptors (Lipinski definition) is 3. The van der Waals surface area contributed by atoms with Crippen LogP contribution in [-0.4, -0.2) is 20.7 Å². The number of rotatable bonds is 1. The van der Waals surface area contributed by atoms with E-state index in [1.54, 1.807) is 18.2 Å². The van der Waals surface area contributed by atoms with Crippen LogP contribution < -0.4 is 5.56 Å². The Hall–Kier alpha value is -2.43. The molecule has 0 radical (unpaired) electrons. The van der Waals surface area contributed by atoms with Crippen LogP contribution in [0.2, 0.25) is 0 Å². The Kier molecular flexibility index (Phi) is 1.67. The fourth-order valence-corrected chi connectivity index (χ4v) is 1.76. The van der Waals surface area contributed by atoms with Gasteiger partial charge in [-0.05, 0) is 12.1 Å². The lowest BCUT2D eigenvalue weighted by Crippen LogP contribution is -2.13. The van der Waals surface area contributed by atoms with E-state index in [1.807, 2.05) is 6.07 Å².